The van der Waals surface area contributed by atoms with Gasteiger partial charge in [0.2, 0.25) is 0 Å². The monoisotopic (exact) mass is 500 g/mol. The van der Waals surface area contributed by atoms with Crippen molar-refractivity contribution in [2.45, 2.75) is 17.2 Å². The molecule has 0 aliphatic heterocycles. The predicted octanol–water partition coefficient (Wildman–Crippen LogP) is 6.95. The Morgan fingerprint density at radius 1 is 0.706 bits per heavy atom. The number of ether oxygens (including phenoxy) is 1. The van der Waals surface area contributed by atoms with E-state index in [9.17, 15) is 39.3 Å². The Hall–Kier alpha value is -3.31. The molecule has 0 aliphatic carbocycles. The van der Waals surface area contributed by atoms with Gasteiger partial charge >= 0.3 is 12.4 Å². The van der Waals surface area contributed by atoms with Gasteiger partial charge in [0.1, 0.15) is 10.6 Å². The molecule has 0 atom stereocenters. The van der Waals surface area contributed by atoms with E-state index in [1.54, 1.807) is 0 Å². The van der Waals surface area contributed by atoms with Crippen molar-refractivity contribution in [3.05, 3.63) is 71.8 Å². The second-order valence-electron chi connectivity index (χ2n) is 7.42. The summed E-state index contributed by atoms with van der Waals surface area (Å²) < 4.78 is 119. The van der Waals surface area contributed by atoms with E-state index in [1.807, 2.05) is 0 Å². The molecule has 0 saturated heterocycles. The van der Waals surface area contributed by atoms with Gasteiger partial charge in [-0.1, -0.05) is 24.3 Å². The summed E-state index contributed by atoms with van der Waals surface area (Å²) in [5.74, 6) is 0.0459. The Kier molecular flexibility index (Phi) is 5.52. The molecule has 0 heterocycles. The van der Waals surface area contributed by atoms with Crippen LogP contribution >= 0.6 is 0 Å². The molecule has 0 bridgehead atoms. The Morgan fingerprint density at radius 3 is 1.62 bits per heavy atom. The molecule has 0 unspecified atom stereocenters. The number of rotatable bonds is 3. The highest BCUT2D eigenvalue weighted by Gasteiger charge is 2.33. The lowest BCUT2D eigenvalue weighted by atomic mass is 9.91. The molecular weight excluding hydrogens is 486 g/mol. The zero-order chi connectivity index (χ0) is 25.1. The third kappa shape index (κ3) is 4.16. The molecule has 0 saturated carbocycles. The number of hydrogen-bond acceptors (Lipinski definition) is 3. The van der Waals surface area contributed by atoms with Crippen LogP contribution in [0.4, 0.5) is 26.3 Å². The van der Waals surface area contributed by atoms with E-state index < -0.39 is 38.5 Å². The quantitative estimate of drug-likeness (QED) is 0.244. The largest absolute Gasteiger partial charge is 0.496 e. The van der Waals surface area contributed by atoms with Crippen LogP contribution in [0.25, 0.3) is 32.7 Å². The van der Waals surface area contributed by atoms with Gasteiger partial charge in [0.15, 0.2) is 0 Å². The van der Waals surface area contributed by atoms with Crippen molar-refractivity contribution in [2.75, 3.05) is 7.11 Å². The highest BCUT2D eigenvalue weighted by atomic mass is 32.2. The summed E-state index contributed by atoms with van der Waals surface area (Å²) in [7, 11) is -3.65. The second-order valence-corrected chi connectivity index (χ2v) is 8.81. The van der Waals surface area contributed by atoms with Gasteiger partial charge in [0.05, 0.1) is 18.2 Å². The predicted molar refractivity (Wildman–Crippen MR) is 113 cm³/mol. The number of hydrogen-bond donors (Lipinski definition) is 1. The molecule has 11 heteroatoms. The number of alkyl halides is 6. The van der Waals surface area contributed by atoms with Gasteiger partial charge < -0.3 is 4.74 Å². The lowest BCUT2D eigenvalue weighted by Gasteiger charge is -2.18. The summed E-state index contributed by atoms with van der Waals surface area (Å²) in [6.07, 6.45) is -9.30. The highest BCUT2D eigenvalue weighted by molar-refractivity contribution is 7.86. The molecule has 4 aromatic rings. The second kappa shape index (κ2) is 7.88. The first-order valence-electron chi connectivity index (χ1n) is 9.51. The van der Waals surface area contributed by atoms with Gasteiger partial charge in [0, 0.05) is 11.1 Å². The molecule has 0 amide bonds. The molecule has 0 aromatic heterocycles. The van der Waals surface area contributed by atoms with Crippen LogP contribution < -0.4 is 4.74 Å². The fraction of sp³-hybridized carbons (Fsp3) is 0.130. The van der Waals surface area contributed by atoms with Gasteiger partial charge in [-0.25, -0.2) is 0 Å². The van der Waals surface area contributed by atoms with E-state index in [0.717, 1.165) is 48.5 Å². The van der Waals surface area contributed by atoms with Crippen LogP contribution in [0.2, 0.25) is 0 Å². The van der Waals surface area contributed by atoms with E-state index in [1.165, 1.54) is 19.2 Å². The van der Waals surface area contributed by atoms with Crippen molar-refractivity contribution in [1.29, 1.82) is 0 Å². The van der Waals surface area contributed by atoms with Gasteiger partial charge in [-0.15, -0.1) is 0 Å². The van der Waals surface area contributed by atoms with Crippen LogP contribution in [0, 0.1) is 0 Å². The summed E-state index contributed by atoms with van der Waals surface area (Å²) in [4.78, 5) is -0.634. The maximum Gasteiger partial charge on any atom is 0.416 e. The lowest BCUT2D eigenvalue weighted by molar-refractivity contribution is -0.138. The molecule has 0 aliphatic rings. The third-order valence-corrected chi connectivity index (χ3v) is 6.26. The minimum atomic E-state index is -4.89. The van der Waals surface area contributed by atoms with E-state index in [2.05, 4.69) is 0 Å². The summed E-state index contributed by atoms with van der Waals surface area (Å²) in [6.45, 7) is 0. The topological polar surface area (TPSA) is 63.6 Å². The van der Waals surface area contributed by atoms with Gasteiger partial charge in [0.25, 0.3) is 10.1 Å². The Labute approximate surface area is 189 Å². The molecule has 1 N–H and O–H groups in total. The molecule has 4 nitrogen and oxygen atoms in total. The average Bonchev–Trinajstić information content (AvgIpc) is 2.74. The molecule has 0 radical (unpaired) electrons. The maximum atomic E-state index is 13.2. The van der Waals surface area contributed by atoms with Crippen molar-refractivity contribution in [2.24, 2.45) is 0 Å². The van der Waals surface area contributed by atoms with Gasteiger partial charge in [-0.05, 0) is 57.9 Å². The van der Waals surface area contributed by atoms with Gasteiger partial charge in [-0.2, -0.15) is 34.8 Å². The fourth-order valence-corrected chi connectivity index (χ4v) is 4.58. The smallest absolute Gasteiger partial charge is 0.416 e. The Balaban J connectivity index is 2.17. The molecule has 0 spiro atoms. The standard InChI is InChI=1S/C23H14F6O4S/c1-33-18-8-2-12-10-14(22(24,25)26)4-6-16(12)20(18)21-17-7-5-15(23(27,28)29)11-13(17)3-9-19(21)34(30,31)32/h2-11H,1H3,(H,30,31,32). The maximum absolute atomic E-state index is 13.2. The van der Waals surface area contributed by atoms with Crippen molar-refractivity contribution >= 4 is 31.7 Å². The van der Waals surface area contributed by atoms with Crippen LogP contribution in [0.3, 0.4) is 0 Å². The minimum Gasteiger partial charge on any atom is -0.496 e. The van der Waals surface area contributed by atoms with E-state index >= 15 is 0 Å². The summed E-state index contributed by atoms with van der Waals surface area (Å²) in [5.41, 5.74) is -2.12. The molecule has 4 aromatic carbocycles. The average molecular weight is 500 g/mol. The molecule has 4 rings (SSSR count). The SMILES string of the molecule is COc1ccc2cc(C(F)(F)F)ccc2c1-c1c(S(=O)(=O)O)ccc2cc(C(F)(F)F)ccc12. The van der Waals surface area contributed by atoms with E-state index in [4.69, 9.17) is 4.74 Å². The molecule has 0 fully saturated rings. The number of halogens is 6. The van der Waals surface area contributed by atoms with Crippen molar-refractivity contribution in [1.82, 2.24) is 0 Å². The number of benzene rings is 4. The van der Waals surface area contributed by atoms with Crippen LogP contribution in [0.5, 0.6) is 5.75 Å². The van der Waals surface area contributed by atoms with Gasteiger partial charge in [-0.3, -0.25) is 4.55 Å². The lowest BCUT2D eigenvalue weighted by Crippen LogP contribution is -2.06. The summed E-state index contributed by atoms with van der Waals surface area (Å²) in [5, 5.41) is 0.248. The van der Waals surface area contributed by atoms with Crippen molar-refractivity contribution in [3.8, 4) is 16.9 Å². The van der Waals surface area contributed by atoms with Crippen LogP contribution in [-0.2, 0) is 22.5 Å². The number of methoxy groups -OCH3 is 1. The Bertz CT molecular complexity index is 1540. The van der Waals surface area contributed by atoms with Crippen molar-refractivity contribution < 1.29 is 44.0 Å². The van der Waals surface area contributed by atoms with Crippen LogP contribution in [-0.4, -0.2) is 20.1 Å². The van der Waals surface area contributed by atoms with Crippen LogP contribution in [0.15, 0.2) is 65.6 Å². The van der Waals surface area contributed by atoms with E-state index in [-0.39, 0.29) is 38.4 Å². The first-order chi connectivity index (χ1) is 15.7. The normalized spacial score (nSPS) is 12.9. The molecule has 178 valence electrons. The molecular formula is C23H14F6O4S. The van der Waals surface area contributed by atoms with Crippen molar-refractivity contribution in [3.63, 3.8) is 0 Å². The highest BCUT2D eigenvalue weighted by Crippen LogP contribution is 2.45. The first-order valence-corrected chi connectivity index (χ1v) is 11.0. The summed E-state index contributed by atoms with van der Waals surface area (Å²) in [6, 6.07) is 10.1. The zero-order valence-corrected chi connectivity index (χ0v) is 17.9. The Morgan fingerprint density at radius 2 is 1.18 bits per heavy atom. The zero-order valence-electron chi connectivity index (χ0n) is 17.1. The fourth-order valence-electron chi connectivity index (χ4n) is 3.87. The minimum absolute atomic E-state index is 0.00296. The van der Waals surface area contributed by atoms with E-state index in [0.29, 0.717) is 0 Å². The number of fused-ring (bicyclic) bond motifs is 2. The molecule has 34 heavy (non-hydrogen) atoms. The summed E-state index contributed by atoms with van der Waals surface area (Å²) >= 11 is 0. The first kappa shape index (κ1) is 23.8. The van der Waals surface area contributed by atoms with Crippen LogP contribution in [0.1, 0.15) is 11.1 Å². The third-order valence-electron chi connectivity index (χ3n) is 5.37.